The molecule has 0 amide bonds. The van der Waals surface area contributed by atoms with Gasteiger partial charge >= 0.3 is 0 Å². The van der Waals surface area contributed by atoms with Gasteiger partial charge in [0, 0.05) is 11.8 Å². The molecule has 4 nitrogen and oxygen atoms in total. The Bertz CT molecular complexity index is 573. The van der Waals surface area contributed by atoms with Gasteiger partial charge in [0.2, 0.25) is 10.0 Å². The van der Waals surface area contributed by atoms with Gasteiger partial charge in [0.1, 0.15) is 11.6 Å². The van der Waals surface area contributed by atoms with Gasteiger partial charge in [0.25, 0.3) is 0 Å². The molecule has 2 N–H and O–H groups in total. The standard InChI is InChI=1S/C12H16FNO3S/c1-12(2,3)11(15)6-8-4-5-9(7-10(8)13)18(14,16)17/h4-5,7H,6H2,1-3H3,(H2,14,16,17). The second-order valence-electron chi connectivity index (χ2n) is 5.15. The maximum atomic E-state index is 13.7. The Morgan fingerprint density at radius 3 is 2.28 bits per heavy atom. The van der Waals surface area contributed by atoms with Crippen molar-refractivity contribution in [2.75, 3.05) is 0 Å². The molecule has 1 rings (SSSR count). The van der Waals surface area contributed by atoms with E-state index in [1.807, 2.05) is 0 Å². The zero-order chi connectivity index (χ0) is 14.1. The summed E-state index contributed by atoms with van der Waals surface area (Å²) in [6.07, 6.45) is -0.0692. The van der Waals surface area contributed by atoms with E-state index < -0.39 is 21.3 Å². The lowest BCUT2D eigenvalue weighted by Gasteiger charge is -2.16. The number of rotatable bonds is 3. The van der Waals surface area contributed by atoms with Gasteiger partial charge in [-0.05, 0) is 17.7 Å². The van der Waals surface area contributed by atoms with Crippen LogP contribution >= 0.6 is 0 Å². The molecule has 1 aromatic carbocycles. The fourth-order valence-electron chi connectivity index (χ4n) is 1.29. The molecule has 0 bridgehead atoms. The zero-order valence-corrected chi connectivity index (χ0v) is 11.3. The Labute approximate surface area is 106 Å². The molecule has 0 spiro atoms. The molecule has 0 unspecified atom stereocenters. The SMILES string of the molecule is CC(C)(C)C(=O)Cc1ccc(S(N)(=O)=O)cc1F. The fraction of sp³-hybridized carbons (Fsp3) is 0.417. The number of Topliss-reactive ketones (excluding diaryl/α,β-unsaturated/α-hetero) is 1. The number of carbonyl (C=O) groups is 1. The Kier molecular flexibility index (Phi) is 3.92. The van der Waals surface area contributed by atoms with E-state index in [-0.39, 0.29) is 22.7 Å². The van der Waals surface area contributed by atoms with E-state index in [1.54, 1.807) is 20.8 Å². The number of ketones is 1. The van der Waals surface area contributed by atoms with E-state index >= 15 is 0 Å². The molecule has 0 fully saturated rings. The Morgan fingerprint density at radius 1 is 1.33 bits per heavy atom. The molecule has 0 saturated heterocycles. The molecular weight excluding hydrogens is 257 g/mol. The van der Waals surface area contributed by atoms with E-state index in [0.29, 0.717) is 0 Å². The first kappa shape index (κ1) is 14.8. The molecule has 0 aliphatic heterocycles. The van der Waals surface area contributed by atoms with Crippen molar-refractivity contribution in [3.8, 4) is 0 Å². The lowest BCUT2D eigenvalue weighted by Crippen LogP contribution is -2.22. The van der Waals surface area contributed by atoms with Gasteiger partial charge in [0.15, 0.2) is 0 Å². The van der Waals surface area contributed by atoms with Gasteiger partial charge in [0.05, 0.1) is 4.90 Å². The van der Waals surface area contributed by atoms with Crippen molar-refractivity contribution in [2.45, 2.75) is 32.1 Å². The number of hydrogen-bond acceptors (Lipinski definition) is 3. The first-order chi connectivity index (χ1) is 8.01. The molecule has 0 aliphatic carbocycles. The highest BCUT2D eigenvalue weighted by Crippen LogP contribution is 2.20. The average molecular weight is 273 g/mol. The summed E-state index contributed by atoms with van der Waals surface area (Å²) in [6, 6.07) is 3.31. The quantitative estimate of drug-likeness (QED) is 0.909. The van der Waals surface area contributed by atoms with Crippen molar-refractivity contribution in [3.63, 3.8) is 0 Å². The summed E-state index contributed by atoms with van der Waals surface area (Å²) in [5, 5.41) is 4.88. The van der Waals surface area contributed by atoms with Gasteiger partial charge < -0.3 is 0 Å². The van der Waals surface area contributed by atoms with Crippen molar-refractivity contribution >= 4 is 15.8 Å². The highest BCUT2D eigenvalue weighted by atomic mass is 32.2. The lowest BCUT2D eigenvalue weighted by atomic mass is 9.87. The first-order valence-electron chi connectivity index (χ1n) is 5.36. The molecule has 0 aromatic heterocycles. The van der Waals surface area contributed by atoms with E-state index in [4.69, 9.17) is 5.14 Å². The second kappa shape index (κ2) is 4.78. The summed E-state index contributed by atoms with van der Waals surface area (Å²) < 4.78 is 35.7. The third-order valence-corrected chi connectivity index (χ3v) is 3.45. The smallest absolute Gasteiger partial charge is 0.238 e. The molecule has 1 aromatic rings. The summed E-state index contributed by atoms with van der Waals surface area (Å²) in [5.74, 6) is -0.858. The van der Waals surface area contributed by atoms with Crippen LogP contribution in [0.4, 0.5) is 4.39 Å². The van der Waals surface area contributed by atoms with Gasteiger partial charge in [-0.3, -0.25) is 4.79 Å². The topological polar surface area (TPSA) is 77.2 Å². The summed E-state index contributed by atoms with van der Waals surface area (Å²) in [4.78, 5) is 11.5. The summed E-state index contributed by atoms with van der Waals surface area (Å²) in [7, 11) is -3.92. The maximum absolute atomic E-state index is 13.7. The first-order valence-corrected chi connectivity index (χ1v) is 6.91. The van der Waals surface area contributed by atoms with Crippen LogP contribution in [-0.2, 0) is 21.2 Å². The Morgan fingerprint density at radius 2 is 1.89 bits per heavy atom. The molecule has 0 radical (unpaired) electrons. The fourth-order valence-corrected chi connectivity index (χ4v) is 1.81. The lowest BCUT2D eigenvalue weighted by molar-refractivity contribution is -0.125. The Balaban J connectivity index is 3.05. The van der Waals surface area contributed by atoms with Crippen LogP contribution in [0.5, 0.6) is 0 Å². The number of hydrogen-bond donors (Lipinski definition) is 1. The number of primary sulfonamides is 1. The molecule has 100 valence electrons. The highest BCUT2D eigenvalue weighted by Gasteiger charge is 2.22. The highest BCUT2D eigenvalue weighted by molar-refractivity contribution is 7.89. The van der Waals surface area contributed by atoms with Crippen LogP contribution in [0.2, 0.25) is 0 Å². The predicted octanol–water partition coefficient (Wildman–Crippen LogP) is 1.63. The minimum absolute atomic E-state index is 0.0692. The van der Waals surface area contributed by atoms with Crippen LogP contribution < -0.4 is 5.14 Å². The zero-order valence-electron chi connectivity index (χ0n) is 10.5. The molecule has 0 aliphatic rings. The van der Waals surface area contributed by atoms with Crippen LogP contribution in [0, 0.1) is 11.2 Å². The number of carbonyl (C=O) groups excluding carboxylic acids is 1. The number of nitrogens with two attached hydrogens (primary N) is 1. The minimum atomic E-state index is -3.92. The number of benzene rings is 1. The summed E-state index contributed by atoms with van der Waals surface area (Å²) in [6.45, 7) is 5.23. The van der Waals surface area contributed by atoms with Crippen molar-refractivity contribution < 1.29 is 17.6 Å². The van der Waals surface area contributed by atoms with Crippen LogP contribution in [0.3, 0.4) is 0 Å². The third-order valence-electron chi connectivity index (χ3n) is 2.54. The van der Waals surface area contributed by atoms with Gasteiger partial charge in [-0.25, -0.2) is 17.9 Å². The van der Waals surface area contributed by atoms with Gasteiger partial charge in [-0.1, -0.05) is 26.8 Å². The van der Waals surface area contributed by atoms with Crippen LogP contribution in [0.25, 0.3) is 0 Å². The van der Waals surface area contributed by atoms with Crippen LogP contribution in [0.15, 0.2) is 23.1 Å². The van der Waals surface area contributed by atoms with Crippen LogP contribution in [0.1, 0.15) is 26.3 Å². The molecule has 18 heavy (non-hydrogen) atoms. The molecule has 6 heteroatoms. The summed E-state index contributed by atoms with van der Waals surface area (Å²) in [5.41, 5.74) is -0.396. The monoisotopic (exact) mass is 273 g/mol. The van der Waals surface area contributed by atoms with E-state index in [2.05, 4.69) is 0 Å². The van der Waals surface area contributed by atoms with Crippen LogP contribution in [-0.4, -0.2) is 14.2 Å². The van der Waals surface area contributed by atoms with Crippen molar-refractivity contribution in [1.82, 2.24) is 0 Å². The van der Waals surface area contributed by atoms with E-state index in [0.717, 1.165) is 6.07 Å². The van der Waals surface area contributed by atoms with E-state index in [1.165, 1.54) is 12.1 Å². The number of halogens is 1. The largest absolute Gasteiger partial charge is 0.299 e. The van der Waals surface area contributed by atoms with Gasteiger partial charge in [-0.2, -0.15) is 0 Å². The summed E-state index contributed by atoms with van der Waals surface area (Å²) >= 11 is 0. The molecule has 0 saturated carbocycles. The van der Waals surface area contributed by atoms with Crippen molar-refractivity contribution in [3.05, 3.63) is 29.6 Å². The Hall–Kier alpha value is -1.27. The van der Waals surface area contributed by atoms with E-state index in [9.17, 15) is 17.6 Å². The third kappa shape index (κ3) is 3.61. The molecule has 0 atom stereocenters. The molecular formula is C12H16FNO3S. The van der Waals surface area contributed by atoms with Crippen molar-refractivity contribution in [2.24, 2.45) is 10.6 Å². The second-order valence-corrected chi connectivity index (χ2v) is 6.71. The normalized spacial score (nSPS) is 12.5. The average Bonchev–Trinajstić information content (AvgIpc) is 2.17. The maximum Gasteiger partial charge on any atom is 0.238 e. The molecule has 0 heterocycles. The predicted molar refractivity (Wildman–Crippen MR) is 65.9 cm³/mol. The van der Waals surface area contributed by atoms with Gasteiger partial charge in [-0.15, -0.1) is 0 Å². The minimum Gasteiger partial charge on any atom is -0.299 e. The van der Waals surface area contributed by atoms with Crippen molar-refractivity contribution in [1.29, 1.82) is 0 Å². The number of sulfonamides is 1.